The van der Waals surface area contributed by atoms with Gasteiger partial charge < -0.3 is 24.2 Å². The van der Waals surface area contributed by atoms with E-state index in [0.29, 0.717) is 36.5 Å². The number of carbonyl (C=O) groups is 2. The Morgan fingerprint density at radius 3 is 2.30 bits per heavy atom. The molecule has 0 spiro atoms. The number of hydrogen-bond acceptors (Lipinski definition) is 5. The molecular weight excluding hydrogens is 382 g/mol. The minimum Gasteiger partial charge on any atom is -0.497 e. The maximum absolute atomic E-state index is 12.8. The van der Waals surface area contributed by atoms with Crippen LogP contribution >= 0.6 is 0 Å². The van der Waals surface area contributed by atoms with E-state index in [9.17, 15) is 9.59 Å². The molecule has 2 amide bonds. The Balaban J connectivity index is 1.24. The molecule has 3 heterocycles. The highest BCUT2D eigenvalue weighted by Gasteiger charge is 2.33. The van der Waals surface area contributed by atoms with Crippen molar-refractivity contribution in [3.05, 3.63) is 29.8 Å². The number of morpholine rings is 1. The van der Waals surface area contributed by atoms with Crippen molar-refractivity contribution in [3.63, 3.8) is 0 Å². The van der Waals surface area contributed by atoms with Crippen molar-refractivity contribution in [2.24, 2.45) is 5.92 Å². The van der Waals surface area contributed by atoms with Crippen LogP contribution in [-0.2, 0) is 9.53 Å². The van der Waals surface area contributed by atoms with Gasteiger partial charge in [0.2, 0.25) is 5.91 Å². The van der Waals surface area contributed by atoms with Gasteiger partial charge in [0, 0.05) is 43.7 Å². The normalized spacial score (nSPS) is 22.2. The van der Waals surface area contributed by atoms with Crippen molar-refractivity contribution in [2.45, 2.75) is 31.7 Å². The van der Waals surface area contributed by atoms with E-state index in [0.717, 1.165) is 65.0 Å². The first-order valence-electron chi connectivity index (χ1n) is 11.2. The molecule has 1 aromatic carbocycles. The van der Waals surface area contributed by atoms with E-state index in [1.54, 1.807) is 7.11 Å². The lowest BCUT2D eigenvalue weighted by molar-refractivity contribution is -0.141. The number of methoxy groups -OCH3 is 1. The average Bonchev–Trinajstić information content (AvgIpc) is 2.84. The Morgan fingerprint density at radius 1 is 0.933 bits per heavy atom. The maximum Gasteiger partial charge on any atom is 0.253 e. The number of hydrogen-bond donors (Lipinski definition) is 0. The third-order valence-corrected chi connectivity index (χ3v) is 6.79. The van der Waals surface area contributed by atoms with Gasteiger partial charge in [0.05, 0.1) is 20.3 Å². The van der Waals surface area contributed by atoms with Gasteiger partial charge in [-0.1, -0.05) is 6.07 Å². The molecule has 3 aliphatic heterocycles. The summed E-state index contributed by atoms with van der Waals surface area (Å²) in [6, 6.07) is 7.90. The van der Waals surface area contributed by atoms with Gasteiger partial charge in [0.25, 0.3) is 5.91 Å². The van der Waals surface area contributed by atoms with Crippen molar-refractivity contribution in [1.82, 2.24) is 14.7 Å². The summed E-state index contributed by atoms with van der Waals surface area (Å²) in [5.41, 5.74) is 0.690. The molecular formula is C23H33N3O4. The number of benzene rings is 1. The second-order valence-electron chi connectivity index (χ2n) is 8.50. The Kier molecular flexibility index (Phi) is 6.89. The number of nitrogens with zero attached hydrogens (tertiary/aromatic N) is 3. The van der Waals surface area contributed by atoms with E-state index >= 15 is 0 Å². The quantitative estimate of drug-likeness (QED) is 0.751. The number of piperidine rings is 2. The predicted molar refractivity (Wildman–Crippen MR) is 114 cm³/mol. The summed E-state index contributed by atoms with van der Waals surface area (Å²) < 4.78 is 10.6. The zero-order valence-electron chi connectivity index (χ0n) is 17.9. The van der Waals surface area contributed by atoms with Gasteiger partial charge in [0.15, 0.2) is 0 Å². The summed E-state index contributed by atoms with van der Waals surface area (Å²) in [5, 5.41) is 0. The first-order valence-corrected chi connectivity index (χ1v) is 11.2. The van der Waals surface area contributed by atoms with Crippen molar-refractivity contribution in [3.8, 4) is 5.75 Å². The minimum absolute atomic E-state index is 0.0853. The average molecular weight is 416 g/mol. The second-order valence-corrected chi connectivity index (χ2v) is 8.50. The van der Waals surface area contributed by atoms with Crippen LogP contribution in [0.25, 0.3) is 0 Å². The van der Waals surface area contributed by atoms with Gasteiger partial charge in [-0.15, -0.1) is 0 Å². The first kappa shape index (κ1) is 21.1. The van der Waals surface area contributed by atoms with Crippen LogP contribution in [0.4, 0.5) is 0 Å². The number of likely N-dealkylation sites (tertiary alicyclic amines) is 2. The monoisotopic (exact) mass is 415 g/mol. The van der Waals surface area contributed by atoms with Gasteiger partial charge in [-0.3, -0.25) is 9.59 Å². The first-order chi connectivity index (χ1) is 14.7. The third-order valence-electron chi connectivity index (χ3n) is 6.79. The summed E-state index contributed by atoms with van der Waals surface area (Å²) in [6.07, 6.45) is 3.88. The van der Waals surface area contributed by atoms with Crippen molar-refractivity contribution < 1.29 is 19.1 Å². The molecule has 30 heavy (non-hydrogen) atoms. The predicted octanol–water partition coefficient (Wildman–Crippen LogP) is 1.87. The smallest absolute Gasteiger partial charge is 0.253 e. The Hall–Kier alpha value is -2.12. The van der Waals surface area contributed by atoms with E-state index in [1.165, 1.54) is 0 Å². The fraction of sp³-hybridized carbons (Fsp3) is 0.652. The van der Waals surface area contributed by atoms with Crippen LogP contribution in [0.2, 0.25) is 0 Å². The molecule has 0 aromatic heterocycles. The van der Waals surface area contributed by atoms with E-state index in [4.69, 9.17) is 9.47 Å². The molecule has 0 saturated carbocycles. The van der Waals surface area contributed by atoms with Gasteiger partial charge in [-0.2, -0.15) is 0 Å². The maximum atomic E-state index is 12.8. The number of carbonyl (C=O) groups excluding carboxylic acids is 2. The van der Waals surface area contributed by atoms with Crippen LogP contribution in [0.15, 0.2) is 24.3 Å². The highest BCUT2D eigenvalue weighted by atomic mass is 16.5. The lowest BCUT2D eigenvalue weighted by atomic mass is 9.92. The van der Waals surface area contributed by atoms with Gasteiger partial charge >= 0.3 is 0 Å². The van der Waals surface area contributed by atoms with E-state index in [2.05, 4.69) is 4.90 Å². The molecule has 164 valence electrons. The SMILES string of the molecule is COc1cccc(C(=O)N2CCC(N3CCC(C(=O)N4CCOCC4)CC3)CC2)c1. The van der Waals surface area contributed by atoms with Gasteiger partial charge in [0.1, 0.15) is 5.75 Å². The highest BCUT2D eigenvalue weighted by molar-refractivity contribution is 5.94. The molecule has 0 N–H and O–H groups in total. The molecule has 0 aliphatic carbocycles. The van der Waals surface area contributed by atoms with Crippen LogP contribution in [0.3, 0.4) is 0 Å². The Labute approximate surface area is 178 Å². The molecule has 7 nitrogen and oxygen atoms in total. The molecule has 0 atom stereocenters. The van der Waals surface area contributed by atoms with Crippen LogP contribution in [-0.4, -0.2) is 92.1 Å². The molecule has 7 heteroatoms. The zero-order chi connectivity index (χ0) is 20.9. The molecule has 3 aliphatic rings. The Morgan fingerprint density at radius 2 is 1.63 bits per heavy atom. The molecule has 4 rings (SSSR count). The zero-order valence-corrected chi connectivity index (χ0v) is 17.9. The highest BCUT2D eigenvalue weighted by Crippen LogP contribution is 2.26. The van der Waals surface area contributed by atoms with Crippen molar-refractivity contribution in [2.75, 3.05) is 59.6 Å². The summed E-state index contributed by atoms with van der Waals surface area (Å²) in [7, 11) is 1.62. The summed E-state index contributed by atoms with van der Waals surface area (Å²) >= 11 is 0. The molecule has 3 fully saturated rings. The number of ether oxygens (including phenoxy) is 2. The van der Waals surface area contributed by atoms with Crippen molar-refractivity contribution >= 4 is 11.8 Å². The summed E-state index contributed by atoms with van der Waals surface area (Å²) in [4.78, 5) is 32.0. The van der Waals surface area contributed by atoms with E-state index in [-0.39, 0.29) is 11.8 Å². The topological polar surface area (TPSA) is 62.3 Å². The second kappa shape index (κ2) is 9.79. The summed E-state index contributed by atoms with van der Waals surface area (Å²) in [6.45, 7) is 6.33. The lowest BCUT2D eigenvalue weighted by Gasteiger charge is -2.42. The molecule has 3 saturated heterocycles. The van der Waals surface area contributed by atoms with E-state index in [1.807, 2.05) is 34.1 Å². The molecule has 1 aromatic rings. The van der Waals surface area contributed by atoms with Crippen molar-refractivity contribution in [1.29, 1.82) is 0 Å². The largest absolute Gasteiger partial charge is 0.497 e. The number of amides is 2. The van der Waals surface area contributed by atoms with E-state index < -0.39 is 0 Å². The standard InChI is InChI=1S/C23H33N3O4/c1-29-21-4-2-3-19(17-21)23(28)25-11-7-20(8-12-25)24-9-5-18(6-10-24)22(27)26-13-15-30-16-14-26/h2-4,17-18,20H,5-16H2,1H3. The lowest BCUT2D eigenvalue weighted by Crippen LogP contribution is -2.51. The third kappa shape index (κ3) is 4.78. The molecule has 0 unspecified atom stereocenters. The van der Waals surface area contributed by atoms with Crippen LogP contribution < -0.4 is 4.74 Å². The van der Waals surface area contributed by atoms with Crippen LogP contribution in [0.1, 0.15) is 36.0 Å². The minimum atomic E-state index is 0.0853. The molecule has 0 bridgehead atoms. The van der Waals surface area contributed by atoms with Crippen LogP contribution in [0.5, 0.6) is 5.75 Å². The fourth-order valence-electron chi connectivity index (χ4n) is 4.93. The summed E-state index contributed by atoms with van der Waals surface area (Å²) in [5.74, 6) is 1.28. The number of rotatable bonds is 4. The van der Waals surface area contributed by atoms with Crippen LogP contribution in [0, 0.1) is 5.92 Å². The van der Waals surface area contributed by atoms with Gasteiger partial charge in [-0.25, -0.2) is 0 Å². The Bertz CT molecular complexity index is 734. The fourth-order valence-corrected chi connectivity index (χ4v) is 4.93. The van der Waals surface area contributed by atoms with Gasteiger partial charge in [-0.05, 0) is 57.0 Å². The molecule has 0 radical (unpaired) electrons.